The van der Waals surface area contributed by atoms with Gasteiger partial charge in [0.1, 0.15) is 5.75 Å². The minimum Gasteiger partial charge on any atom is -0.496 e. The Labute approximate surface area is 107 Å². The molecule has 1 aromatic carbocycles. The summed E-state index contributed by atoms with van der Waals surface area (Å²) in [7, 11) is 4.86. The molecule has 1 rings (SSSR count). The van der Waals surface area contributed by atoms with Crippen LogP contribution >= 0.6 is 0 Å². The van der Waals surface area contributed by atoms with Gasteiger partial charge in [-0.3, -0.25) is 9.59 Å². The largest absolute Gasteiger partial charge is 0.496 e. The molecule has 0 heterocycles. The van der Waals surface area contributed by atoms with E-state index >= 15 is 0 Å². The van der Waals surface area contributed by atoms with Crippen molar-refractivity contribution in [1.82, 2.24) is 10.2 Å². The molecule has 0 bridgehead atoms. The molecule has 98 valence electrons. The maximum Gasteiger partial charge on any atom is 0.241 e. The Kier molecular flexibility index (Phi) is 5.17. The highest BCUT2D eigenvalue weighted by Gasteiger charge is 2.10. The van der Waals surface area contributed by atoms with Crippen LogP contribution in [0.5, 0.6) is 5.75 Å². The number of carbonyl (C=O) groups is 2. The van der Waals surface area contributed by atoms with E-state index in [0.717, 1.165) is 5.56 Å². The van der Waals surface area contributed by atoms with Crippen molar-refractivity contribution in [2.75, 3.05) is 27.7 Å². The molecule has 0 spiro atoms. The zero-order valence-corrected chi connectivity index (χ0v) is 10.9. The molecule has 0 saturated carbocycles. The van der Waals surface area contributed by atoms with E-state index in [1.54, 1.807) is 27.3 Å². The molecular formula is C13H18N2O3. The SMILES string of the molecule is COc1ccccc1CC(=O)NCC(=O)N(C)C. The van der Waals surface area contributed by atoms with Gasteiger partial charge in [-0.1, -0.05) is 18.2 Å². The molecule has 0 radical (unpaired) electrons. The summed E-state index contributed by atoms with van der Waals surface area (Å²) in [5, 5.41) is 2.58. The van der Waals surface area contributed by atoms with Crippen molar-refractivity contribution in [3.05, 3.63) is 29.8 Å². The van der Waals surface area contributed by atoms with Crippen LogP contribution in [0.25, 0.3) is 0 Å². The van der Waals surface area contributed by atoms with Gasteiger partial charge < -0.3 is 15.0 Å². The molecular weight excluding hydrogens is 232 g/mol. The van der Waals surface area contributed by atoms with Gasteiger partial charge >= 0.3 is 0 Å². The van der Waals surface area contributed by atoms with Crippen LogP contribution < -0.4 is 10.1 Å². The lowest BCUT2D eigenvalue weighted by atomic mass is 10.1. The Bertz CT molecular complexity index is 430. The van der Waals surface area contributed by atoms with Crippen molar-refractivity contribution in [1.29, 1.82) is 0 Å². The van der Waals surface area contributed by atoms with Crippen molar-refractivity contribution in [2.24, 2.45) is 0 Å². The molecule has 0 aromatic heterocycles. The van der Waals surface area contributed by atoms with Gasteiger partial charge in [-0.15, -0.1) is 0 Å². The first-order chi connectivity index (χ1) is 8.54. The summed E-state index contributed by atoms with van der Waals surface area (Å²) in [5.74, 6) is 0.338. The van der Waals surface area contributed by atoms with E-state index in [4.69, 9.17) is 4.74 Å². The number of rotatable bonds is 5. The number of methoxy groups -OCH3 is 1. The van der Waals surface area contributed by atoms with E-state index in [-0.39, 0.29) is 24.8 Å². The Morgan fingerprint density at radius 1 is 1.28 bits per heavy atom. The van der Waals surface area contributed by atoms with Crippen molar-refractivity contribution in [3.8, 4) is 5.75 Å². The van der Waals surface area contributed by atoms with Gasteiger partial charge in [-0.25, -0.2) is 0 Å². The summed E-state index contributed by atoms with van der Waals surface area (Å²) in [6.45, 7) is 0.0149. The summed E-state index contributed by atoms with van der Waals surface area (Å²) in [4.78, 5) is 24.4. The van der Waals surface area contributed by atoms with Crippen molar-refractivity contribution >= 4 is 11.8 Å². The predicted octanol–water partition coefficient (Wildman–Crippen LogP) is 0.442. The second-order valence-corrected chi connectivity index (χ2v) is 4.05. The van der Waals surface area contributed by atoms with E-state index in [2.05, 4.69) is 5.32 Å². The topological polar surface area (TPSA) is 58.6 Å². The minimum atomic E-state index is -0.199. The van der Waals surface area contributed by atoms with Gasteiger partial charge in [0.25, 0.3) is 0 Å². The minimum absolute atomic E-state index is 0.0149. The number of nitrogens with one attached hydrogen (secondary N) is 1. The summed E-state index contributed by atoms with van der Waals surface area (Å²) in [6.07, 6.45) is 0.199. The van der Waals surface area contributed by atoms with Crippen LogP contribution in [0.1, 0.15) is 5.56 Å². The van der Waals surface area contributed by atoms with Crippen LogP contribution in [0.2, 0.25) is 0 Å². The number of hydrogen-bond donors (Lipinski definition) is 1. The molecule has 0 fully saturated rings. The molecule has 0 saturated heterocycles. The number of likely N-dealkylation sites (N-methyl/N-ethyl adjacent to an activating group) is 1. The number of carbonyl (C=O) groups excluding carboxylic acids is 2. The second kappa shape index (κ2) is 6.64. The van der Waals surface area contributed by atoms with Crippen LogP contribution in [0.15, 0.2) is 24.3 Å². The monoisotopic (exact) mass is 250 g/mol. The number of benzene rings is 1. The standard InChI is InChI=1S/C13H18N2O3/c1-15(2)13(17)9-14-12(16)8-10-6-4-5-7-11(10)18-3/h4-7H,8-9H2,1-3H3,(H,14,16). The van der Waals surface area contributed by atoms with E-state index in [0.29, 0.717) is 5.75 Å². The van der Waals surface area contributed by atoms with E-state index in [9.17, 15) is 9.59 Å². The normalized spacial score (nSPS) is 9.72. The Balaban J connectivity index is 2.52. The molecule has 0 unspecified atom stereocenters. The predicted molar refractivity (Wildman–Crippen MR) is 68.4 cm³/mol. The summed E-state index contributed by atoms with van der Waals surface area (Å²) >= 11 is 0. The van der Waals surface area contributed by atoms with Gasteiger partial charge in [0, 0.05) is 19.7 Å². The maximum atomic E-state index is 11.7. The van der Waals surface area contributed by atoms with Crippen LogP contribution in [0.3, 0.4) is 0 Å². The number of para-hydroxylation sites is 1. The molecule has 5 nitrogen and oxygen atoms in total. The first-order valence-corrected chi connectivity index (χ1v) is 5.63. The summed E-state index contributed by atoms with van der Waals surface area (Å²) in [5.41, 5.74) is 0.801. The Morgan fingerprint density at radius 2 is 1.94 bits per heavy atom. The van der Waals surface area contributed by atoms with Crippen LogP contribution in [0, 0.1) is 0 Å². The van der Waals surface area contributed by atoms with Crippen LogP contribution in [0.4, 0.5) is 0 Å². The lowest BCUT2D eigenvalue weighted by Crippen LogP contribution is -2.36. The first kappa shape index (κ1) is 14.0. The third-order valence-corrected chi connectivity index (χ3v) is 2.48. The molecule has 0 aliphatic heterocycles. The van der Waals surface area contributed by atoms with Crippen LogP contribution in [-0.4, -0.2) is 44.5 Å². The molecule has 2 amide bonds. The molecule has 0 aliphatic carbocycles. The molecule has 0 atom stereocenters. The number of amides is 2. The fraction of sp³-hybridized carbons (Fsp3) is 0.385. The smallest absolute Gasteiger partial charge is 0.241 e. The zero-order chi connectivity index (χ0) is 13.5. The summed E-state index contributed by atoms with van der Waals surface area (Å²) in [6, 6.07) is 7.31. The van der Waals surface area contributed by atoms with Gasteiger partial charge in [0.05, 0.1) is 20.1 Å². The maximum absolute atomic E-state index is 11.7. The Morgan fingerprint density at radius 3 is 2.56 bits per heavy atom. The van der Waals surface area contributed by atoms with Crippen molar-refractivity contribution in [2.45, 2.75) is 6.42 Å². The molecule has 18 heavy (non-hydrogen) atoms. The molecule has 0 aliphatic rings. The molecule has 1 aromatic rings. The lowest BCUT2D eigenvalue weighted by Gasteiger charge is -2.11. The number of nitrogens with zero attached hydrogens (tertiary/aromatic N) is 1. The zero-order valence-electron chi connectivity index (χ0n) is 10.9. The van der Waals surface area contributed by atoms with Gasteiger partial charge in [-0.05, 0) is 6.07 Å². The first-order valence-electron chi connectivity index (χ1n) is 5.63. The lowest BCUT2D eigenvalue weighted by molar-refractivity contribution is -0.130. The third-order valence-electron chi connectivity index (χ3n) is 2.48. The quantitative estimate of drug-likeness (QED) is 0.825. The van der Waals surface area contributed by atoms with E-state index in [1.807, 2.05) is 18.2 Å². The average molecular weight is 250 g/mol. The van der Waals surface area contributed by atoms with Crippen molar-refractivity contribution in [3.63, 3.8) is 0 Å². The second-order valence-electron chi connectivity index (χ2n) is 4.05. The summed E-state index contributed by atoms with van der Waals surface area (Å²) < 4.78 is 5.15. The third kappa shape index (κ3) is 4.08. The van der Waals surface area contributed by atoms with Gasteiger partial charge in [-0.2, -0.15) is 0 Å². The van der Waals surface area contributed by atoms with Gasteiger partial charge in [0.15, 0.2) is 0 Å². The van der Waals surface area contributed by atoms with Crippen molar-refractivity contribution < 1.29 is 14.3 Å². The fourth-order valence-corrected chi connectivity index (χ4v) is 1.42. The average Bonchev–Trinajstić information content (AvgIpc) is 2.36. The molecule has 5 heteroatoms. The van der Waals surface area contributed by atoms with E-state index in [1.165, 1.54) is 4.90 Å². The van der Waals surface area contributed by atoms with Crippen LogP contribution in [-0.2, 0) is 16.0 Å². The fourth-order valence-electron chi connectivity index (χ4n) is 1.42. The van der Waals surface area contributed by atoms with Gasteiger partial charge in [0.2, 0.25) is 11.8 Å². The highest BCUT2D eigenvalue weighted by molar-refractivity contribution is 5.85. The Hall–Kier alpha value is -2.04. The number of hydrogen-bond acceptors (Lipinski definition) is 3. The number of ether oxygens (including phenoxy) is 1. The highest BCUT2D eigenvalue weighted by atomic mass is 16.5. The molecule has 1 N–H and O–H groups in total. The van der Waals surface area contributed by atoms with E-state index < -0.39 is 0 Å². The highest BCUT2D eigenvalue weighted by Crippen LogP contribution is 2.17.